The van der Waals surface area contributed by atoms with E-state index in [1.165, 1.54) is 6.07 Å². The minimum Gasteiger partial charge on any atom is -0.375 e. The first kappa shape index (κ1) is 14.0. The molecule has 0 aromatic carbocycles. The van der Waals surface area contributed by atoms with Gasteiger partial charge in [-0.3, -0.25) is 0 Å². The Morgan fingerprint density at radius 3 is 2.71 bits per heavy atom. The SMILES string of the molecule is NNc1ccc(Cl)c(COCCC(F)(F)F)n1. The number of rotatable bonds is 5. The second kappa shape index (κ2) is 6.04. The van der Waals surface area contributed by atoms with Crippen molar-refractivity contribution in [2.75, 3.05) is 12.0 Å². The fraction of sp³-hybridized carbons (Fsp3) is 0.444. The molecule has 4 nitrogen and oxygen atoms in total. The van der Waals surface area contributed by atoms with Gasteiger partial charge in [0.15, 0.2) is 0 Å². The third-order valence-corrected chi connectivity index (χ3v) is 2.18. The quantitative estimate of drug-likeness (QED) is 0.490. The molecule has 0 radical (unpaired) electrons. The average Bonchev–Trinajstić information content (AvgIpc) is 2.25. The number of halogens is 4. The Morgan fingerprint density at radius 2 is 2.12 bits per heavy atom. The zero-order valence-corrected chi connectivity index (χ0v) is 9.48. The molecule has 0 aliphatic carbocycles. The predicted octanol–water partition coefficient (Wildman–Crippen LogP) is 2.49. The number of hydrogen-bond acceptors (Lipinski definition) is 4. The number of hydrazine groups is 1. The maximum absolute atomic E-state index is 11.8. The van der Waals surface area contributed by atoms with Crippen molar-refractivity contribution >= 4 is 17.4 Å². The van der Waals surface area contributed by atoms with Crippen LogP contribution in [0.15, 0.2) is 12.1 Å². The summed E-state index contributed by atoms with van der Waals surface area (Å²) in [6.45, 7) is -0.522. The van der Waals surface area contributed by atoms with Crippen molar-refractivity contribution in [3.63, 3.8) is 0 Å². The lowest BCUT2D eigenvalue weighted by Crippen LogP contribution is -2.12. The summed E-state index contributed by atoms with van der Waals surface area (Å²) in [6.07, 6.45) is -5.22. The first-order chi connectivity index (χ1) is 7.92. The van der Waals surface area contributed by atoms with Crippen LogP contribution in [0, 0.1) is 0 Å². The van der Waals surface area contributed by atoms with E-state index in [0.29, 0.717) is 16.5 Å². The van der Waals surface area contributed by atoms with E-state index in [4.69, 9.17) is 22.2 Å². The Morgan fingerprint density at radius 1 is 1.41 bits per heavy atom. The van der Waals surface area contributed by atoms with Gasteiger partial charge >= 0.3 is 6.18 Å². The highest BCUT2D eigenvalue weighted by molar-refractivity contribution is 6.31. The summed E-state index contributed by atoms with van der Waals surface area (Å²) >= 11 is 5.79. The molecule has 8 heteroatoms. The molecule has 0 atom stereocenters. The van der Waals surface area contributed by atoms with E-state index in [9.17, 15) is 13.2 Å². The van der Waals surface area contributed by atoms with Gasteiger partial charge in [-0.05, 0) is 12.1 Å². The minimum absolute atomic E-state index is 0.0928. The van der Waals surface area contributed by atoms with Crippen molar-refractivity contribution in [2.24, 2.45) is 5.84 Å². The normalized spacial score (nSPS) is 11.6. The smallest absolute Gasteiger partial charge is 0.375 e. The fourth-order valence-corrected chi connectivity index (χ4v) is 1.18. The maximum atomic E-state index is 11.8. The Labute approximate surface area is 101 Å². The number of hydrogen-bond donors (Lipinski definition) is 2. The maximum Gasteiger partial charge on any atom is 0.391 e. The Balaban J connectivity index is 2.46. The van der Waals surface area contributed by atoms with E-state index in [1.54, 1.807) is 6.07 Å². The standard InChI is InChI=1S/C9H11ClF3N3O/c10-6-1-2-8(16-14)15-7(6)5-17-4-3-9(11,12)13/h1-2H,3-5,14H2,(H,15,16). The predicted molar refractivity (Wildman–Crippen MR) is 57.4 cm³/mol. The lowest BCUT2D eigenvalue weighted by molar-refractivity contribution is -0.146. The highest BCUT2D eigenvalue weighted by atomic mass is 35.5. The van der Waals surface area contributed by atoms with Gasteiger partial charge in [0, 0.05) is 0 Å². The summed E-state index contributed by atoms with van der Waals surface area (Å²) in [6, 6.07) is 3.08. The molecule has 3 N–H and O–H groups in total. The molecule has 0 saturated carbocycles. The molecule has 0 amide bonds. The van der Waals surface area contributed by atoms with E-state index in [2.05, 4.69) is 10.4 Å². The van der Waals surface area contributed by atoms with Gasteiger partial charge in [0.25, 0.3) is 0 Å². The van der Waals surface area contributed by atoms with E-state index in [1.807, 2.05) is 0 Å². The van der Waals surface area contributed by atoms with E-state index < -0.39 is 19.2 Å². The first-order valence-electron chi connectivity index (χ1n) is 4.69. The lowest BCUT2D eigenvalue weighted by atomic mass is 10.3. The molecule has 0 fully saturated rings. The number of nitrogen functional groups attached to an aromatic ring is 1. The van der Waals surface area contributed by atoms with Crippen LogP contribution in [0.1, 0.15) is 12.1 Å². The van der Waals surface area contributed by atoms with Gasteiger partial charge in [-0.25, -0.2) is 10.8 Å². The lowest BCUT2D eigenvalue weighted by Gasteiger charge is -2.09. The third kappa shape index (κ3) is 5.20. The molecule has 96 valence electrons. The van der Waals surface area contributed by atoms with Crippen LogP contribution in [0.4, 0.5) is 19.0 Å². The topological polar surface area (TPSA) is 60.2 Å². The largest absolute Gasteiger partial charge is 0.391 e. The van der Waals surface area contributed by atoms with Crippen LogP contribution in [0.25, 0.3) is 0 Å². The van der Waals surface area contributed by atoms with Crippen LogP contribution in [-0.4, -0.2) is 17.8 Å². The molecule has 17 heavy (non-hydrogen) atoms. The molecular weight excluding hydrogens is 259 g/mol. The summed E-state index contributed by atoms with van der Waals surface area (Å²) in [5.41, 5.74) is 2.64. The molecule has 1 rings (SSSR count). The van der Waals surface area contributed by atoms with Crippen LogP contribution in [0.5, 0.6) is 0 Å². The van der Waals surface area contributed by atoms with Crippen LogP contribution in [-0.2, 0) is 11.3 Å². The Bertz CT molecular complexity index is 373. The fourth-order valence-electron chi connectivity index (χ4n) is 1.02. The summed E-state index contributed by atoms with van der Waals surface area (Å²) in [7, 11) is 0. The number of nitrogens with one attached hydrogen (secondary N) is 1. The first-order valence-corrected chi connectivity index (χ1v) is 5.06. The summed E-state index contributed by atoms with van der Waals surface area (Å²) < 4.78 is 40.3. The van der Waals surface area contributed by atoms with Crippen molar-refractivity contribution in [3.8, 4) is 0 Å². The Kier molecular flexibility index (Phi) is 4.98. The number of aromatic nitrogens is 1. The number of nitrogens with two attached hydrogens (primary N) is 1. The van der Waals surface area contributed by atoms with Crippen molar-refractivity contribution in [2.45, 2.75) is 19.2 Å². The van der Waals surface area contributed by atoms with Crippen molar-refractivity contribution in [3.05, 3.63) is 22.8 Å². The summed E-state index contributed by atoms with van der Waals surface area (Å²) in [5, 5.41) is 0.316. The third-order valence-electron chi connectivity index (χ3n) is 1.84. The highest BCUT2D eigenvalue weighted by Crippen LogP contribution is 2.20. The molecule has 1 aromatic heterocycles. The van der Waals surface area contributed by atoms with Crippen molar-refractivity contribution in [1.82, 2.24) is 4.98 Å². The molecule has 0 aliphatic heterocycles. The number of alkyl halides is 3. The Hall–Kier alpha value is -1.05. The average molecular weight is 270 g/mol. The summed E-state index contributed by atoms with van der Waals surface area (Å²) in [4.78, 5) is 3.95. The molecular formula is C9H11ClF3N3O. The second-order valence-corrected chi connectivity index (χ2v) is 3.59. The van der Waals surface area contributed by atoms with Crippen LogP contribution in [0.3, 0.4) is 0 Å². The van der Waals surface area contributed by atoms with E-state index in [-0.39, 0.29) is 6.61 Å². The summed E-state index contributed by atoms with van der Waals surface area (Å²) in [5.74, 6) is 5.50. The van der Waals surface area contributed by atoms with Gasteiger partial charge in [-0.1, -0.05) is 11.6 Å². The molecule has 0 spiro atoms. The zero-order valence-electron chi connectivity index (χ0n) is 8.72. The number of pyridine rings is 1. The molecule has 0 bridgehead atoms. The zero-order chi connectivity index (χ0) is 12.9. The van der Waals surface area contributed by atoms with Crippen molar-refractivity contribution in [1.29, 1.82) is 0 Å². The van der Waals surface area contributed by atoms with Gasteiger partial charge in [0.05, 0.1) is 30.4 Å². The highest BCUT2D eigenvalue weighted by Gasteiger charge is 2.26. The van der Waals surface area contributed by atoms with Gasteiger partial charge in [0.1, 0.15) is 5.82 Å². The number of ether oxygens (including phenoxy) is 1. The van der Waals surface area contributed by atoms with Gasteiger partial charge in [-0.15, -0.1) is 0 Å². The van der Waals surface area contributed by atoms with Gasteiger partial charge < -0.3 is 10.2 Å². The van der Waals surface area contributed by atoms with Gasteiger partial charge in [-0.2, -0.15) is 13.2 Å². The van der Waals surface area contributed by atoms with Crippen LogP contribution < -0.4 is 11.3 Å². The van der Waals surface area contributed by atoms with Crippen LogP contribution in [0.2, 0.25) is 5.02 Å². The molecule has 1 heterocycles. The minimum atomic E-state index is -4.22. The van der Waals surface area contributed by atoms with E-state index >= 15 is 0 Å². The number of nitrogens with zero attached hydrogens (tertiary/aromatic N) is 1. The second-order valence-electron chi connectivity index (χ2n) is 3.19. The molecule has 0 unspecified atom stereocenters. The van der Waals surface area contributed by atoms with Crippen LogP contribution >= 0.6 is 11.6 Å². The number of anilines is 1. The molecule has 0 aliphatic rings. The van der Waals surface area contributed by atoms with E-state index in [0.717, 1.165) is 0 Å². The van der Waals surface area contributed by atoms with Crippen molar-refractivity contribution < 1.29 is 17.9 Å². The molecule has 0 saturated heterocycles. The monoisotopic (exact) mass is 269 g/mol. The van der Waals surface area contributed by atoms with Gasteiger partial charge in [0.2, 0.25) is 0 Å². The molecule has 1 aromatic rings.